The van der Waals surface area contributed by atoms with E-state index in [-0.39, 0.29) is 9.79 Å². The second-order valence-corrected chi connectivity index (χ2v) is 15.0. The van der Waals surface area contributed by atoms with Crippen LogP contribution < -0.4 is 0 Å². The van der Waals surface area contributed by atoms with Gasteiger partial charge in [0.1, 0.15) is 11.0 Å². The molecule has 0 spiro atoms. The largest absolute Gasteiger partial charge is 0.413 e. The second-order valence-electron chi connectivity index (χ2n) is 8.24. The standard InChI is InChI=1S/C17H30N2O2SSi/c1-16(2,3)22(20)19-12-15-10-9-14(11-18-15)13-21-23(7,8)17(4,5)6/h9-12H,13H2,1-8H3/t22-/m1/s1. The van der Waals surface area contributed by atoms with Crippen LogP contribution in [0.5, 0.6) is 0 Å². The summed E-state index contributed by atoms with van der Waals surface area (Å²) < 4.78 is 21.8. The third-order valence-electron chi connectivity index (χ3n) is 4.06. The first-order valence-electron chi connectivity index (χ1n) is 7.88. The van der Waals surface area contributed by atoms with Gasteiger partial charge in [0.05, 0.1) is 23.3 Å². The maximum Gasteiger partial charge on any atom is 0.192 e. The zero-order valence-corrected chi connectivity index (χ0v) is 17.5. The van der Waals surface area contributed by atoms with Gasteiger partial charge in [0.25, 0.3) is 0 Å². The monoisotopic (exact) mass is 354 g/mol. The van der Waals surface area contributed by atoms with E-state index in [0.29, 0.717) is 12.3 Å². The highest BCUT2D eigenvalue weighted by Gasteiger charge is 2.36. The molecule has 1 aromatic rings. The molecule has 0 saturated carbocycles. The van der Waals surface area contributed by atoms with E-state index in [4.69, 9.17) is 4.43 Å². The molecule has 6 heteroatoms. The molecule has 0 amide bonds. The Hall–Kier alpha value is -0.853. The molecule has 0 aliphatic carbocycles. The summed E-state index contributed by atoms with van der Waals surface area (Å²) >= 11 is 0. The maximum atomic E-state index is 11.9. The minimum absolute atomic E-state index is 0.198. The average Bonchev–Trinajstić information content (AvgIpc) is 2.41. The predicted octanol–water partition coefficient (Wildman–Crippen LogP) is 4.48. The molecule has 0 saturated heterocycles. The van der Waals surface area contributed by atoms with Gasteiger partial charge in [-0.25, -0.2) is 4.21 Å². The quantitative estimate of drug-likeness (QED) is 0.578. The van der Waals surface area contributed by atoms with Gasteiger partial charge in [0.2, 0.25) is 0 Å². The van der Waals surface area contributed by atoms with Gasteiger partial charge in [-0.15, -0.1) is 0 Å². The third-order valence-corrected chi connectivity index (χ3v) is 9.88. The van der Waals surface area contributed by atoms with Crippen molar-refractivity contribution < 1.29 is 8.63 Å². The lowest BCUT2D eigenvalue weighted by molar-refractivity contribution is 0.276. The minimum atomic E-state index is -1.75. The molecular formula is C17H30N2O2SSi. The summed E-state index contributed by atoms with van der Waals surface area (Å²) in [5, 5.41) is 0.198. The summed E-state index contributed by atoms with van der Waals surface area (Å²) in [5.74, 6) is 0. The topological polar surface area (TPSA) is 51.5 Å². The Balaban J connectivity index is 2.68. The normalized spacial score (nSPS) is 15.1. The van der Waals surface area contributed by atoms with Crippen molar-refractivity contribution in [3.8, 4) is 0 Å². The average molecular weight is 355 g/mol. The van der Waals surface area contributed by atoms with Gasteiger partial charge in [-0.2, -0.15) is 4.40 Å². The molecule has 1 aromatic heterocycles. The molecule has 0 radical (unpaired) electrons. The Morgan fingerprint density at radius 2 is 1.83 bits per heavy atom. The predicted molar refractivity (Wildman–Crippen MR) is 102 cm³/mol. The van der Waals surface area contributed by atoms with Crippen molar-refractivity contribution in [1.82, 2.24) is 4.98 Å². The molecule has 1 heterocycles. The summed E-state index contributed by atoms with van der Waals surface area (Å²) in [6, 6.07) is 3.87. The number of nitrogens with zero attached hydrogens (tertiary/aromatic N) is 2. The van der Waals surface area contributed by atoms with Crippen LogP contribution in [-0.4, -0.2) is 28.5 Å². The molecule has 0 aliphatic rings. The van der Waals surface area contributed by atoms with Crippen molar-refractivity contribution in [2.24, 2.45) is 4.40 Å². The summed E-state index contributed by atoms with van der Waals surface area (Å²) in [6.45, 7) is 17.4. The van der Waals surface area contributed by atoms with Crippen molar-refractivity contribution in [2.75, 3.05) is 0 Å². The molecule has 1 atom stereocenters. The molecule has 0 bridgehead atoms. The fraction of sp³-hybridized carbons (Fsp3) is 0.647. The Bertz CT molecular complexity index is 570. The highest BCUT2D eigenvalue weighted by atomic mass is 32.2. The summed E-state index contributed by atoms with van der Waals surface area (Å²) in [4.78, 5) is 4.35. The Kier molecular flexibility index (Phi) is 6.46. The first kappa shape index (κ1) is 20.2. The van der Waals surface area contributed by atoms with Crippen molar-refractivity contribution in [1.29, 1.82) is 0 Å². The Morgan fingerprint density at radius 1 is 1.22 bits per heavy atom. The number of rotatable bonds is 5. The van der Waals surface area contributed by atoms with Gasteiger partial charge >= 0.3 is 0 Å². The summed E-state index contributed by atoms with van der Waals surface area (Å²) in [5.41, 5.74) is 1.75. The Morgan fingerprint density at radius 3 is 2.26 bits per heavy atom. The van der Waals surface area contributed by atoms with Crippen LogP contribution in [0.1, 0.15) is 52.8 Å². The van der Waals surface area contributed by atoms with Crippen LogP contribution in [0.25, 0.3) is 0 Å². The maximum absolute atomic E-state index is 11.9. The molecule has 0 N–H and O–H groups in total. The number of pyridine rings is 1. The zero-order chi connectivity index (χ0) is 17.9. The van der Waals surface area contributed by atoms with E-state index in [0.717, 1.165) is 5.56 Å². The van der Waals surface area contributed by atoms with Gasteiger partial charge < -0.3 is 4.43 Å². The fourth-order valence-electron chi connectivity index (χ4n) is 1.34. The van der Waals surface area contributed by atoms with E-state index in [1.54, 1.807) is 12.4 Å². The SMILES string of the molecule is CC(C)(C)[S@@](=O)N=Cc1ccc(CO[Si](C)(C)C(C)(C)C)cn1. The Labute approximate surface area is 144 Å². The van der Waals surface area contributed by atoms with Crippen LogP contribution >= 0.6 is 0 Å². The first-order chi connectivity index (χ1) is 10.3. The lowest BCUT2D eigenvalue weighted by Crippen LogP contribution is -2.40. The van der Waals surface area contributed by atoms with E-state index >= 15 is 0 Å². The van der Waals surface area contributed by atoms with Gasteiger partial charge in [0.15, 0.2) is 8.32 Å². The van der Waals surface area contributed by atoms with Crippen LogP contribution in [0.4, 0.5) is 0 Å². The van der Waals surface area contributed by atoms with Crippen LogP contribution in [0.15, 0.2) is 22.7 Å². The zero-order valence-electron chi connectivity index (χ0n) is 15.6. The van der Waals surface area contributed by atoms with E-state index in [9.17, 15) is 4.21 Å². The van der Waals surface area contributed by atoms with Gasteiger partial charge in [0, 0.05) is 6.20 Å². The molecule has 23 heavy (non-hydrogen) atoms. The first-order valence-corrected chi connectivity index (χ1v) is 11.9. The number of hydrogen-bond acceptors (Lipinski definition) is 3. The van der Waals surface area contributed by atoms with Crippen LogP contribution in [0.2, 0.25) is 18.1 Å². The van der Waals surface area contributed by atoms with Crippen LogP contribution in [-0.2, 0) is 22.0 Å². The highest BCUT2D eigenvalue weighted by molar-refractivity contribution is 7.85. The number of aromatic nitrogens is 1. The molecule has 0 aliphatic heterocycles. The van der Waals surface area contributed by atoms with E-state index in [2.05, 4.69) is 43.2 Å². The fourth-order valence-corrected chi connectivity index (χ4v) is 2.82. The smallest absolute Gasteiger partial charge is 0.192 e. The molecular weight excluding hydrogens is 324 g/mol. The van der Waals surface area contributed by atoms with Gasteiger partial charge in [-0.1, -0.05) is 26.8 Å². The third kappa shape index (κ3) is 6.28. The lowest BCUT2D eigenvalue weighted by atomic mass is 10.2. The van der Waals surface area contributed by atoms with Crippen molar-refractivity contribution >= 4 is 25.5 Å². The van der Waals surface area contributed by atoms with Gasteiger partial charge in [-0.05, 0) is 50.5 Å². The second kappa shape index (κ2) is 7.36. The lowest BCUT2D eigenvalue weighted by Gasteiger charge is -2.36. The molecule has 0 unspecified atom stereocenters. The van der Waals surface area contributed by atoms with Gasteiger partial charge in [-0.3, -0.25) is 4.98 Å². The van der Waals surface area contributed by atoms with Crippen molar-refractivity contribution in [3.05, 3.63) is 29.6 Å². The van der Waals surface area contributed by atoms with Crippen LogP contribution in [0, 0.1) is 0 Å². The minimum Gasteiger partial charge on any atom is -0.413 e. The molecule has 0 aromatic carbocycles. The highest BCUT2D eigenvalue weighted by Crippen LogP contribution is 2.36. The summed E-state index contributed by atoms with van der Waals surface area (Å²) in [7, 11) is -3.00. The van der Waals surface area contributed by atoms with Crippen molar-refractivity contribution in [2.45, 2.75) is 71.0 Å². The van der Waals surface area contributed by atoms with Crippen molar-refractivity contribution in [3.63, 3.8) is 0 Å². The summed E-state index contributed by atoms with van der Waals surface area (Å²) in [6.07, 6.45) is 3.37. The molecule has 4 nitrogen and oxygen atoms in total. The molecule has 130 valence electrons. The van der Waals surface area contributed by atoms with E-state index in [1.165, 1.54) is 0 Å². The van der Waals surface area contributed by atoms with E-state index in [1.807, 2.05) is 32.9 Å². The van der Waals surface area contributed by atoms with Crippen LogP contribution in [0.3, 0.4) is 0 Å². The molecule has 1 rings (SSSR count). The molecule has 0 fully saturated rings. The number of hydrogen-bond donors (Lipinski definition) is 0. The van der Waals surface area contributed by atoms with E-state index < -0.39 is 19.3 Å².